The van der Waals surface area contributed by atoms with E-state index in [-0.39, 0.29) is 11.5 Å². The summed E-state index contributed by atoms with van der Waals surface area (Å²) in [5.41, 5.74) is 1.32. The molecule has 0 saturated heterocycles. The Morgan fingerprint density at radius 1 is 1.07 bits per heavy atom. The lowest BCUT2D eigenvalue weighted by molar-refractivity contribution is -0.121. The van der Waals surface area contributed by atoms with Gasteiger partial charge in [-0.3, -0.25) is 14.6 Å². The Morgan fingerprint density at radius 2 is 1.83 bits per heavy atom. The highest BCUT2D eigenvalue weighted by atomic mass is 16.1. The van der Waals surface area contributed by atoms with Crippen LogP contribution in [0.5, 0.6) is 0 Å². The molecule has 0 aliphatic heterocycles. The number of nitrogens with one attached hydrogen (secondary N) is 1. The summed E-state index contributed by atoms with van der Waals surface area (Å²) in [6, 6.07) is 13.0. The third-order valence-electron chi connectivity index (χ3n) is 5.69. The first-order chi connectivity index (χ1) is 14.2. The molecule has 0 radical (unpaired) electrons. The standard InChI is InChI=1S/C23H26N4O2/c28-22(13-12-17-7-1-2-8-17)25-15-21-19-10-3-4-11-20(19)23(29)27(26-21)16-18-9-5-6-14-24-18/h3-6,9-11,14,17H,1-2,7-8,12-13,15-16H2,(H,25,28). The van der Waals surface area contributed by atoms with Gasteiger partial charge in [-0.2, -0.15) is 5.10 Å². The second kappa shape index (κ2) is 8.99. The molecule has 2 heterocycles. The maximum atomic E-state index is 12.9. The number of hydrogen-bond acceptors (Lipinski definition) is 4. The van der Waals surface area contributed by atoms with Gasteiger partial charge in [0.05, 0.1) is 29.9 Å². The fraction of sp³-hybridized carbons (Fsp3) is 0.391. The van der Waals surface area contributed by atoms with Crippen LogP contribution in [0.2, 0.25) is 0 Å². The highest BCUT2D eigenvalue weighted by Crippen LogP contribution is 2.28. The Labute approximate surface area is 170 Å². The Hall–Kier alpha value is -3.02. The van der Waals surface area contributed by atoms with Crippen molar-refractivity contribution in [1.29, 1.82) is 0 Å². The van der Waals surface area contributed by atoms with Gasteiger partial charge in [-0.15, -0.1) is 0 Å². The van der Waals surface area contributed by atoms with Crippen molar-refractivity contribution in [3.8, 4) is 0 Å². The molecule has 0 atom stereocenters. The average Bonchev–Trinajstić information content (AvgIpc) is 3.28. The van der Waals surface area contributed by atoms with E-state index in [1.807, 2.05) is 36.4 Å². The quantitative estimate of drug-likeness (QED) is 0.671. The van der Waals surface area contributed by atoms with Crippen LogP contribution in [0, 0.1) is 5.92 Å². The first kappa shape index (κ1) is 19.3. The smallest absolute Gasteiger partial charge is 0.275 e. The minimum Gasteiger partial charge on any atom is -0.350 e. The number of hydrogen-bond donors (Lipinski definition) is 1. The molecule has 1 amide bonds. The van der Waals surface area contributed by atoms with E-state index in [2.05, 4.69) is 15.4 Å². The number of carbonyl (C=O) groups is 1. The molecule has 1 aliphatic rings. The van der Waals surface area contributed by atoms with Gasteiger partial charge in [-0.25, -0.2) is 4.68 Å². The minimum absolute atomic E-state index is 0.0465. The lowest BCUT2D eigenvalue weighted by atomic mass is 10.0. The largest absolute Gasteiger partial charge is 0.350 e. The predicted molar refractivity (Wildman–Crippen MR) is 112 cm³/mol. The maximum Gasteiger partial charge on any atom is 0.275 e. The summed E-state index contributed by atoms with van der Waals surface area (Å²) in [6.45, 7) is 0.611. The molecule has 29 heavy (non-hydrogen) atoms. The predicted octanol–water partition coefficient (Wildman–Crippen LogP) is 3.43. The number of aromatic nitrogens is 3. The number of nitrogens with zero attached hydrogens (tertiary/aromatic N) is 3. The molecule has 6 nitrogen and oxygen atoms in total. The summed E-state index contributed by atoms with van der Waals surface area (Å²) in [6.07, 6.45) is 8.29. The number of rotatable bonds is 7. The van der Waals surface area contributed by atoms with E-state index in [9.17, 15) is 9.59 Å². The van der Waals surface area contributed by atoms with Gasteiger partial charge in [0.1, 0.15) is 0 Å². The molecular formula is C23H26N4O2. The molecule has 1 aromatic carbocycles. The molecule has 2 aromatic heterocycles. The Morgan fingerprint density at radius 3 is 2.59 bits per heavy atom. The molecule has 0 spiro atoms. The molecule has 3 aromatic rings. The normalized spacial score (nSPS) is 14.3. The summed E-state index contributed by atoms with van der Waals surface area (Å²) < 4.78 is 1.44. The zero-order chi connectivity index (χ0) is 20.1. The van der Waals surface area contributed by atoms with Crippen LogP contribution < -0.4 is 10.9 Å². The van der Waals surface area contributed by atoms with E-state index in [1.54, 1.807) is 12.3 Å². The number of amides is 1. The molecule has 150 valence electrons. The van der Waals surface area contributed by atoms with Gasteiger partial charge in [0.15, 0.2) is 0 Å². The first-order valence-corrected chi connectivity index (χ1v) is 10.4. The van der Waals surface area contributed by atoms with Gasteiger partial charge in [0.25, 0.3) is 5.56 Å². The van der Waals surface area contributed by atoms with Crippen LogP contribution in [0.15, 0.2) is 53.5 Å². The molecule has 1 aliphatic carbocycles. The first-order valence-electron chi connectivity index (χ1n) is 10.4. The fourth-order valence-electron chi connectivity index (χ4n) is 4.09. The number of benzene rings is 1. The molecule has 1 fully saturated rings. The highest BCUT2D eigenvalue weighted by Gasteiger charge is 2.17. The van der Waals surface area contributed by atoms with E-state index in [4.69, 9.17) is 0 Å². The summed E-state index contributed by atoms with van der Waals surface area (Å²) in [4.78, 5) is 29.5. The van der Waals surface area contributed by atoms with Crippen LogP contribution in [-0.2, 0) is 17.9 Å². The zero-order valence-electron chi connectivity index (χ0n) is 16.5. The van der Waals surface area contributed by atoms with Crippen LogP contribution >= 0.6 is 0 Å². The lowest BCUT2D eigenvalue weighted by Gasteiger charge is -2.12. The zero-order valence-corrected chi connectivity index (χ0v) is 16.5. The molecule has 0 unspecified atom stereocenters. The van der Waals surface area contributed by atoms with Crippen molar-refractivity contribution < 1.29 is 4.79 Å². The summed E-state index contributed by atoms with van der Waals surface area (Å²) >= 11 is 0. The number of carbonyl (C=O) groups excluding carboxylic acids is 1. The third kappa shape index (κ3) is 4.70. The van der Waals surface area contributed by atoms with E-state index in [1.165, 1.54) is 30.4 Å². The number of fused-ring (bicyclic) bond motifs is 1. The molecule has 4 rings (SSSR count). The monoisotopic (exact) mass is 390 g/mol. The molecule has 1 saturated carbocycles. The van der Waals surface area contributed by atoms with Crippen molar-refractivity contribution in [1.82, 2.24) is 20.1 Å². The van der Waals surface area contributed by atoms with Crippen LogP contribution in [0.4, 0.5) is 0 Å². The van der Waals surface area contributed by atoms with Crippen molar-refractivity contribution in [3.05, 3.63) is 70.4 Å². The second-order valence-electron chi connectivity index (χ2n) is 7.74. The molecule has 6 heteroatoms. The molecule has 1 N–H and O–H groups in total. The second-order valence-corrected chi connectivity index (χ2v) is 7.74. The Kier molecular flexibility index (Phi) is 5.98. The SMILES string of the molecule is O=C(CCC1CCCC1)NCc1nn(Cc2ccccn2)c(=O)c2ccccc12. The van der Waals surface area contributed by atoms with Crippen LogP contribution in [0.1, 0.15) is 49.9 Å². The van der Waals surface area contributed by atoms with Gasteiger partial charge >= 0.3 is 0 Å². The highest BCUT2D eigenvalue weighted by molar-refractivity contribution is 5.84. The third-order valence-corrected chi connectivity index (χ3v) is 5.69. The van der Waals surface area contributed by atoms with E-state index < -0.39 is 0 Å². The topological polar surface area (TPSA) is 76.9 Å². The fourth-order valence-corrected chi connectivity index (χ4v) is 4.09. The summed E-state index contributed by atoms with van der Waals surface area (Å²) in [5, 5.41) is 8.94. The van der Waals surface area contributed by atoms with E-state index in [0.29, 0.717) is 36.5 Å². The summed E-state index contributed by atoms with van der Waals surface area (Å²) in [5.74, 6) is 0.741. The van der Waals surface area contributed by atoms with Gasteiger partial charge in [-0.1, -0.05) is 49.9 Å². The van der Waals surface area contributed by atoms with E-state index >= 15 is 0 Å². The van der Waals surface area contributed by atoms with E-state index in [0.717, 1.165) is 17.5 Å². The molecule has 0 bridgehead atoms. The van der Waals surface area contributed by atoms with Crippen LogP contribution in [0.3, 0.4) is 0 Å². The Bertz CT molecular complexity index is 1040. The molecular weight excluding hydrogens is 364 g/mol. The maximum absolute atomic E-state index is 12.9. The minimum atomic E-state index is -0.150. The van der Waals surface area contributed by atoms with Crippen molar-refractivity contribution in [3.63, 3.8) is 0 Å². The average molecular weight is 390 g/mol. The van der Waals surface area contributed by atoms with Gasteiger partial charge in [0, 0.05) is 18.0 Å². The van der Waals surface area contributed by atoms with Crippen molar-refractivity contribution in [2.45, 2.75) is 51.6 Å². The van der Waals surface area contributed by atoms with Crippen molar-refractivity contribution in [2.24, 2.45) is 5.92 Å². The number of pyridine rings is 1. The summed E-state index contributed by atoms with van der Waals surface area (Å²) in [7, 11) is 0. The van der Waals surface area contributed by atoms with Gasteiger partial charge < -0.3 is 5.32 Å². The Balaban J connectivity index is 1.52. The van der Waals surface area contributed by atoms with Gasteiger partial charge in [-0.05, 0) is 30.5 Å². The van der Waals surface area contributed by atoms with Crippen molar-refractivity contribution >= 4 is 16.7 Å². The lowest BCUT2D eigenvalue weighted by Crippen LogP contribution is -2.29. The van der Waals surface area contributed by atoms with Crippen LogP contribution in [-0.4, -0.2) is 20.7 Å². The van der Waals surface area contributed by atoms with Gasteiger partial charge in [0.2, 0.25) is 5.91 Å². The van der Waals surface area contributed by atoms with Crippen LogP contribution in [0.25, 0.3) is 10.8 Å². The van der Waals surface area contributed by atoms with Crippen molar-refractivity contribution in [2.75, 3.05) is 0 Å².